The van der Waals surface area contributed by atoms with Gasteiger partial charge in [0.2, 0.25) is 5.91 Å². The first-order valence-electron chi connectivity index (χ1n) is 14.9. The number of benzene rings is 4. The zero-order valence-corrected chi connectivity index (χ0v) is 24.6. The van der Waals surface area contributed by atoms with Crippen LogP contribution < -0.4 is 10.6 Å². The molecule has 1 amide bonds. The van der Waals surface area contributed by atoms with Gasteiger partial charge in [0, 0.05) is 24.3 Å². The number of hydrogen-bond acceptors (Lipinski definition) is 2. The van der Waals surface area contributed by atoms with E-state index in [9.17, 15) is 13.6 Å². The third kappa shape index (κ3) is 7.14. The first-order chi connectivity index (χ1) is 20.2. The molecule has 2 N–H and O–H groups in total. The third-order valence-corrected chi connectivity index (χ3v) is 8.52. The van der Waals surface area contributed by atoms with Crippen molar-refractivity contribution in [3.05, 3.63) is 143 Å². The molecule has 3 unspecified atom stereocenters. The highest BCUT2D eigenvalue weighted by Gasteiger charge is 2.35. The molecule has 1 heterocycles. The summed E-state index contributed by atoms with van der Waals surface area (Å²) in [7, 11) is 0. The van der Waals surface area contributed by atoms with Gasteiger partial charge in [0.05, 0.1) is 0 Å². The molecule has 218 valence electrons. The molecule has 42 heavy (non-hydrogen) atoms. The smallest absolute Gasteiger partial charge is 0.221 e. The zero-order valence-electron chi connectivity index (χ0n) is 24.6. The second-order valence-corrected chi connectivity index (χ2v) is 12.5. The van der Waals surface area contributed by atoms with Gasteiger partial charge in [-0.1, -0.05) is 99.6 Å². The van der Waals surface area contributed by atoms with Gasteiger partial charge < -0.3 is 10.6 Å². The lowest BCUT2D eigenvalue weighted by atomic mass is 9.77. The van der Waals surface area contributed by atoms with E-state index >= 15 is 0 Å². The Labute approximate surface area is 248 Å². The van der Waals surface area contributed by atoms with E-state index in [1.54, 1.807) is 24.3 Å². The summed E-state index contributed by atoms with van der Waals surface area (Å²) in [4.78, 5) is 14.0. The number of nitrogens with one attached hydrogen (secondary N) is 2. The summed E-state index contributed by atoms with van der Waals surface area (Å²) in [5.41, 5.74) is 5.26. The van der Waals surface area contributed by atoms with Gasteiger partial charge >= 0.3 is 0 Å². The van der Waals surface area contributed by atoms with Crippen LogP contribution >= 0.6 is 0 Å². The van der Waals surface area contributed by atoms with Crippen molar-refractivity contribution >= 4 is 5.91 Å². The lowest BCUT2D eigenvalue weighted by molar-refractivity contribution is -0.122. The van der Waals surface area contributed by atoms with Crippen molar-refractivity contribution in [3.8, 4) is 0 Å². The van der Waals surface area contributed by atoms with E-state index in [2.05, 4.69) is 79.9 Å². The number of halogens is 2. The Morgan fingerprint density at radius 2 is 1.31 bits per heavy atom. The van der Waals surface area contributed by atoms with E-state index in [-0.39, 0.29) is 53.2 Å². The predicted molar refractivity (Wildman–Crippen MR) is 166 cm³/mol. The highest BCUT2D eigenvalue weighted by molar-refractivity contribution is 5.78. The maximum Gasteiger partial charge on any atom is 0.221 e. The van der Waals surface area contributed by atoms with E-state index in [0.717, 1.165) is 36.2 Å². The van der Waals surface area contributed by atoms with Crippen LogP contribution in [0, 0.1) is 17.6 Å². The fourth-order valence-corrected chi connectivity index (χ4v) is 6.16. The molecule has 3 nitrogen and oxygen atoms in total. The van der Waals surface area contributed by atoms with Gasteiger partial charge in [0.1, 0.15) is 11.6 Å². The average Bonchev–Trinajstić information content (AvgIpc) is 3.52. The van der Waals surface area contributed by atoms with Gasteiger partial charge in [-0.15, -0.1) is 0 Å². The fraction of sp³-hybridized carbons (Fsp3) is 0.324. The van der Waals surface area contributed by atoms with Crippen molar-refractivity contribution in [3.63, 3.8) is 0 Å². The SMILES string of the molecule is CC(C)(C)c1ccc(C(c2ccccc2)C(NC(=O)CC(c2ccc(F)cc2)c2ccc(F)cc2)C2CCNC2)cc1. The van der Waals surface area contributed by atoms with Crippen molar-refractivity contribution in [2.24, 2.45) is 5.92 Å². The zero-order chi connectivity index (χ0) is 29.7. The first kappa shape index (κ1) is 29.7. The Morgan fingerprint density at radius 3 is 1.81 bits per heavy atom. The van der Waals surface area contributed by atoms with Gasteiger partial charge in [-0.2, -0.15) is 0 Å². The van der Waals surface area contributed by atoms with Gasteiger partial charge in [-0.25, -0.2) is 8.78 Å². The van der Waals surface area contributed by atoms with Crippen LogP contribution in [-0.4, -0.2) is 25.0 Å². The molecule has 1 saturated heterocycles. The molecular formula is C37H40F2N2O. The Kier molecular flexibility index (Phi) is 9.18. The largest absolute Gasteiger partial charge is 0.352 e. The minimum atomic E-state index is -0.338. The maximum absolute atomic E-state index is 14.0. The summed E-state index contributed by atoms with van der Waals surface area (Å²) in [6.45, 7) is 8.37. The molecule has 0 aromatic heterocycles. The number of amides is 1. The Bertz CT molecular complexity index is 1390. The highest BCUT2D eigenvalue weighted by Crippen LogP contribution is 2.36. The summed E-state index contributed by atoms with van der Waals surface area (Å²) in [6.07, 6.45) is 1.13. The third-order valence-electron chi connectivity index (χ3n) is 8.52. The topological polar surface area (TPSA) is 41.1 Å². The summed E-state index contributed by atoms with van der Waals surface area (Å²) in [6, 6.07) is 31.5. The van der Waals surface area contributed by atoms with Crippen molar-refractivity contribution < 1.29 is 13.6 Å². The van der Waals surface area contributed by atoms with E-state index < -0.39 is 0 Å². The second kappa shape index (κ2) is 13.0. The molecule has 0 saturated carbocycles. The molecular weight excluding hydrogens is 526 g/mol. The van der Waals surface area contributed by atoms with Crippen molar-refractivity contribution in [1.29, 1.82) is 0 Å². The monoisotopic (exact) mass is 566 g/mol. The van der Waals surface area contributed by atoms with Gasteiger partial charge in [0.25, 0.3) is 0 Å². The molecule has 3 atom stereocenters. The van der Waals surface area contributed by atoms with Crippen LogP contribution in [-0.2, 0) is 10.2 Å². The molecule has 5 rings (SSSR count). The number of carbonyl (C=O) groups is 1. The summed E-state index contributed by atoms with van der Waals surface area (Å²) in [5, 5.41) is 6.96. The summed E-state index contributed by atoms with van der Waals surface area (Å²) in [5.74, 6) is -0.885. The average molecular weight is 567 g/mol. The highest BCUT2D eigenvalue weighted by atomic mass is 19.1. The lowest BCUT2D eigenvalue weighted by Crippen LogP contribution is -2.46. The van der Waals surface area contributed by atoms with Crippen molar-refractivity contribution in [2.75, 3.05) is 13.1 Å². The van der Waals surface area contributed by atoms with E-state index in [1.807, 2.05) is 6.07 Å². The number of rotatable bonds is 9. The Hall–Kier alpha value is -3.83. The minimum Gasteiger partial charge on any atom is -0.352 e. The Balaban J connectivity index is 1.49. The number of carbonyl (C=O) groups excluding carboxylic acids is 1. The predicted octanol–water partition coefficient (Wildman–Crippen LogP) is 7.71. The molecule has 0 bridgehead atoms. The fourth-order valence-electron chi connectivity index (χ4n) is 6.16. The normalized spacial score (nSPS) is 16.8. The number of hydrogen-bond donors (Lipinski definition) is 2. The van der Waals surface area contributed by atoms with Crippen LogP contribution in [0.3, 0.4) is 0 Å². The van der Waals surface area contributed by atoms with Crippen LogP contribution in [0.5, 0.6) is 0 Å². The molecule has 4 aromatic carbocycles. The molecule has 0 spiro atoms. The molecule has 0 aliphatic carbocycles. The maximum atomic E-state index is 14.0. The Morgan fingerprint density at radius 1 is 0.786 bits per heavy atom. The van der Waals surface area contributed by atoms with Gasteiger partial charge in [-0.05, 0) is 82.9 Å². The summed E-state index contributed by atoms with van der Waals surface area (Å²) < 4.78 is 27.6. The van der Waals surface area contributed by atoms with Gasteiger partial charge in [0.15, 0.2) is 0 Å². The molecule has 5 heteroatoms. The van der Waals surface area contributed by atoms with E-state index in [1.165, 1.54) is 35.4 Å². The first-order valence-corrected chi connectivity index (χ1v) is 14.9. The molecule has 1 aliphatic heterocycles. The van der Waals surface area contributed by atoms with Gasteiger partial charge in [-0.3, -0.25) is 4.79 Å². The van der Waals surface area contributed by atoms with E-state index in [4.69, 9.17) is 0 Å². The van der Waals surface area contributed by atoms with E-state index in [0.29, 0.717) is 0 Å². The second-order valence-electron chi connectivity index (χ2n) is 12.5. The molecule has 0 radical (unpaired) electrons. The van der Waals surface area contributed by atoms with Crippen LogP contribution in [0.15, 0.2) is 103 Å². The van der Waals surface area contributed by atoms with Crippen molar-refractivity contribution in [2.45, 2.75) is 56.9 Å². The van der Waals surface area contributed by atoms with Crippen LogP contribution in [0.25, 0.3) is 0 Å². The van der Waals surface area contributed by atoms with Crippen LogP contribution in [0.4, 0.5) is 8.78 Å². The summed E-state index contributed by atoms with van der Waals surface area (Å²) >= 11 is 0. The minimum absolute atomic E-state index is 0.0378. The van der Waals surface area contributed by atoms with Crippen LogP contribution in [0.1, 0.15) is 73.3 Å². The standard InChI is InChI=1S/C37H40F2N2O/c1-37(2,3)30-15-9-28(10-16-30)35(27-7-5-4-6-8-27)36(29-21-22-40-24-29)41-34(42)23-33(25-11-17-31(38)18-12-25)26-13-19-32(39)20-14-26/h4-20,29,33,35-36,40H,21-24H2,1-3H3,(H,41,42). The van der Waals surface area contributed by atoms with Crippen LogP contribution in [0.2, 0.25) is 0 Å². The lowest BCUT2D eigenvalue weighted by Gasteiger charge is -2.34. The molecule has 4 aromatic rings. The molecule has 1 aliphatic rings. The molecule has 1 fully saturated rings. The van der Waals surface area contributed by atoms with Crippen molar-refractivity contribution in [1.82, 2.24) is 10.6 Å². The quantitative estimate of drug-likeness (QED) is 0.218.